The Morgan fingerprint density at radius 3 is 2.93 bits per heavy atom. The molecule has 70 valence electrons. The second-order valence-electron chi connectivity index (χ2n) is 2.82. The zero-order valence-electron chi connectivity index (χ0n) is 7.49. The maximum Gasteiger partial charge on any atom is 0.130 e. The van der Waals surface area contributed by atoms with Crippen LogP contribution in [-0.4, -0.2) is 9.89 Å². The molecule has 3 nitrogen and oxygen atoms in total. The largest absolute Gasteiger partial charge is 0.496 e. The Balaban J connectivity index is 2.85. The highest BCUT2D eigenvalue weighted by Gasteiger charge is 2.09. The van der Waals surface area contributed by atoms with Crippen LogP contribution < -0.4 is 4.74 Å². The Bertz CT molecular complexity index is 525. The van der Waals surface area contributed by atoms with Crippen molar-refractivity contribution in [1.82, 2.24) is 2.78 Å². The quantitative estimate of drug-likeness (QED) is 0.759. The van der Waals surface area contributed by atoms with Gasteiger partial charge < -0.3 is 4.74 Å². The first-order valence-corrected chi connectivity index (χ1v) is 4.99. The summed E-state index contributed by atoms with van der Waals surface area (Å²) in [5, 5.41) is 9.84. The van der Waals surface area contributed by atoms with Gasteiger partial charge >= 0.3 is 0 Å². The Kier molecular flexibility index (Phi) is 2.33. The van der Waals surface area contributed by atoms with Crippen LogP contribution in [0.5, 0.6) is 5.75 Å². The van der Waals surface area contributed by atoms with E-state index in [4.69, 9.17) is 10.00 Å². The van der Waals surface area contributed by atoms with Crippen molar-refractivity contribution in [3.63, 3.8) is 0 Å². The van der Waals surface area contributed by atoms with Gasteiger partial charge in [-0.05, 0) is 18.2 Å². The molecule has 0 bridgehead atoms. The first-order chi connectivity index (χ1) is 6.77. The molecule has 0 radical (unpaired) electrons. The van der Waals surface area contributed by atoms with E-state index in [1.807, 2.05) is 27.0 Å². The van der Waals surface area contributed by atoms with Gasteiger partial charge in [0, 0.05) is 5.39 Å². The minimum atomic E-state index is 0.630. The third-order valence-corrected chi connectivity index (χ3v) is 3.12. The fourth-order valence-corrected chi connectivity index (χ4v) is 2.09. The van der Waals surface area contributed by atoms with Crippen LogP contribution in [0.3, 0.4) is 0 Å². The molecule has 0 spiro atoms. The summed E-state index contributed by atoms with van der Waals surface area (Å²) < 4.78 is 7.04. The van der Waals surface area contributed by atoms with Gasteiger partial charge in [-0.15, -0.1) is 0 Å². The normalized spacial score (nSPS) is 10.1. The molecule has 0 aliphatic carbocycles. The summed E-state index contributed by atoms with van der Waals surface area (Å²) in [4.78, 5) is 0. The fourth-order valence-electron chi connectivity index (χ4n) is 1.43. The lowest BCUT2D eigenvalue weighted by atomic mass is 10.2. The van der Waals surface area contributed by atoms with Crippen LogP contribution in [0.4, 0.5) is 0 Å². The molecule has 0 saturated heterocycles. The number of fused-ring (bicyclic) bond motifs is 1. The van der Waals surface area contributed by atoms with Crippen LogP contribution in [0.1, 0.15) is 5.69 Å². The zero-order valence-corrected chi connectivity index (χ0v) is 9.65. The third kappa shape index (κ3) is 1.24. The van der Waals surface area contributed by atoms with Gasteiger partial charge in [0.15, 0.2) is 0 Å². The second kappa shape index (κ2) is 3.50. The second-order valence-corrected chi connectivity index (χ2v) is 3.78. The molecule has 0 fully saturated rings. The van der Waals surface area contributed by atoms with E-state index in [0.29, 0.717) is 5.69 Å². The number of methoxy groups -OCH3 is 1. The summed E-state index contributed by atoms with van der Waals surface area (Å²) in [5.74, 6) is 0.800. The molecular weight excluding hydrogens is 291 g/mol. The Hall–Kier alpha value is -1.22. The number of hydrogen-bond acceptors (Lipinski definition) is 2. The molecule has 1 aromatic heterocycles. The van der Waals surface area contributed by atoms with Gasteiger partial charge in [0.1, 0.15) is 17.5 Å². The van der Waals surface area contributed by atoms with Crippen molar-refractivity contribution in [2.45, 2.75) is 0 Å². The van der Waals surface area contributed by atoms with Crippen molar-refractivity contribution in [2.24, 2.45) is 0 Å². The van der Waals surface area contributed by atoms with Crippen molar-refractivity contribution < 1.29 is 4.74 Å². The van der Waals surface area contributed by atoms with Crippen LogP contribution in [0.2, 0.25) is 0 Å². The molecule has 0 saturated carbocycles. The van der Waals surface area contributed by atoms with E-state index in [1.54, 1.807) is 7.11 Å². The molecule has 4 heteroatoms. The summed E-state index contributed by atoms with van der Waals surface area (Å²) in [7, 11) is 1.63. The van der Waals surface area contributed by atoms with E-state index in [9.17, 15) is 0 Å². The van der Waals surface area contributed by atoms with Crippen molar-refractivity contribution in [2.75, 3.05) is 7.11 Å². The number of hydrogen-bond donors (Lipinski definition) is 0. The minimum absolute atomic E-state index is 0.630. The Labute approximate surface area is 95.4 Å². The van der Waals surface area contributed by atoms with E-state index in [-0.39, 0.29) is 0 Å². The van der Waals surface area contributed by atoms with Gasteiger partial charge in [-0.25, -0.2) is 0 Å². The number of ether oxygens (including phenoxy) is 1. The first-order valence-electron chi connectivity index (χ1n) is 4.02. The molecule has 14 heavy (non-hydrogen) atoms. The standard InChI is InChI=1S/C10H7IN2O/c1-14-10-4-2-3-9-8(10)5-7(6-12)13(9)11/h2-5H,1H3. The van der Waals surface area contributed by atoms with Crippen molar-refractivity contribution in [3.8, 4) is 11.8 Å². The van der Waals surface area contributed by atoms with Crippen LogP contribution in [0, 0.1) is 11.3 Å². The van der Waals surface area contributed by atoms with Gasteiger partial charge in [0.2, 0.25) is 0 Å². The highest BCUT2D eigenvalue weighted by Crippen LogP contribution is 2.29. The smallest absolute Gasteiger partial charge is 0.130 e. The molecule has 1 aromatic carbocycles. The highest BCUT2D eigenvalue weighted by molar-refractivity contribution is 14.1. The number of aromatic nitrogens is 1. The molecule has 2 rings (SSSR count). The highest BCUT2D eigenvalue weighted by atomic mass is 127. The van der Waals surface area contributed by atoms with Crippen LogP contribution in [-0.2, 0) is 0 Å². The van der Waals surface area contributed by atoms with Crippen LogP contribution >= 0.6 is 22.9 Å². The summed E-state index contributed by atoms with van der Waals surface area (Å²) in [5.41, 5.74) is 1.63. The van der Waals surface area contributed by atoms with Crippen LogP contribution in [0.25, 0.3) is 10.9 Å². The average Bonchev–Trinajstić information content (AvgIpc) is 2.55. The van der Waals surface area contributed by atoms with Crippen molar-refractivity contribution in [1.29, 1.82) is 5.26 Å². The molecule has 0 aliphatic rings. The first kappa shape index (κ1) is 9.34. The molecular formula is C10H7IN2O. The van der Waals surface area contributed by atoms with E-state index in [0.717, 1.165) is 16.7 Å². The molecule has 2 aromatic rings. The molecule has 1 heterocycles. The fraction of sp³-hybridized carbons (Fsp3) is 0.100. The Morgan fingerprint density at radius 1 is 1.50 bits per heavy atom. The van der Waals surface area contributed by atoms with E-state index < -0.39 is 0 Å². The van der Waals surface area contributed by atoms with Gasteiger partial charge in [-0.2, -0.15) is 5.26 Å². The third-order valence-electron chi connectivity index (χ3n) is 2.08. The summed E-state index contributed by atoms with van der Waals surface area (Å²) in [6.45, 7) is 0. The maximum atomic E-state index is 8.87. The number of halogens is 1. The predicted octanol–water partition coefficient (Wildman–Crippen LogP) is 2.72. The minimum Gasteiger partial charge on any atom is -0.496 e. The average molecular weight is 298 g/mol. The van der Waals surface area contributed by atoms with Gasteiger partial charge in [-0.1, -0.05) is 6.07 Å². The zero-order chi connectivity index (χ0) is 10.1. The lowest BCUT2D eigenvalue weighted by Crippen LogP contribution is -1.84. The molecule has 0 atom stereocenters. The maximum absolute atomic E-state index is 8.87. The number of nitrogens with zero attached hydrogens (tertiary/aromatic N) is 2. The van der Waals surface area contributed by atoms with Crippen molar-refractivity contribution in [3.05, 3.63) is 30.0 Å². The topological polar surface area (TPSA) is 37.9 Å². The lowest BCUT2D eigenvalue weighted by molar-refractivity contribution is 0.420. The van der Waals surface area contributed by atoms with Crippen molar-refractivity contribution >= 4 is 33.8 Å². The molecule has 0 amide bonds. The molecule has 0 unspecified atom stereocenters. The summed E-state index contributed by atoms with van der Waals surface area (Å²) in [6.07, 6.45) is 0. The molecule has 0 N–H and O–H groups in total. The van der Waals surface area contributed by atoms with E-state index in [1.165, 1.54) is 0 Å². The van der Waals surface area contributed by atoms with Gasteiger partial charge in [0.05, 0.1) is 35.5 Å². The number of rotatable bonds is 1. The lowest BCUT2D eigenvalue weighted by Gasteiger charge is -2.00. The van der Waals surface area contributed by atoms with Gasteiger partial charge in [0.25, 0.3) is 0 Å². The summed E-state index contributed by atoms with van der Waals surface area (Å²) in [6, 6.07) is 9.74. The van der Waals surface area contributed by atoms with Crippen LogP contribution in [0.15, 0.2) is 24.3 Å². The van der Waals surface area contributed by atoms with E-state index >= 15 is 0 Å². The predicted molar refractivity (Wildman–Crippen MR) is 62.6 cm³/mol. The Morgan fingerprint density at radius 2 is 2.29 bits per heavy atom. The monoisotopic (exact) mass is 298 g/mol. The van der Waals surface area contributed by atoms with Gasteiger partial charge in [-0.3, -0.25) is 2.78 Å². The SMILES string of the molecule is COc1cccc2c1cc(C#N)n2I. The summed E-state index contributed by atoms with van der Waals surface area (Å²) >= 11 is 2.11. The number of nitriles is 1. The molecule has 0 aliphatic heterocycles. The number of benzene rings is 1. The van der Waals surface area contributed by atoms with E-state index in [2.05, 4.69) is 28.9 Å².